The van der Waals surface area contributed by atoms with Gasteiger partial charge in [-0.05, 0) is 36.4 Å². The van der Waals surface area contributed by atoms with Gasteiger partial charge in [0.1, 0.15) is 22.8 Å². The van der Waals surface area contributed by atoms with E-state index in [1.165, 1.54) is 20.3 Å². The zero-order chi connectivity index (χ0) is 17.8. The number of carbonyl (C=O) groups excluding carboxylic acids is 1. The summed E-state index contributed by atoms with van der Waals surface area (Å²) in [6.07, 6.45) is 0. The highest BCUT2D eigenvalue weighted by atomic mass is 16.5. The minimum absolute atomic E-state index is 0.188. The fourth-order valence-corrected chi connectivity index (χ4v) is 2.39. The van der Waals surface area contributed by atoms with Gasteiger partial charge >= 0.3 is 5.63 Å². The molecule has 3 aromatic rings. The molecule has 6 heteroatoms. The molecule has 0 saturated heterocycles. The Kier molecular flexibility index (Phi) is 4.70. The maximum atomic E-state index is 12.4. The number of methoxy groups -OCH3 is 2. The van der Waals surface area contributed by atoms with Gasteiger partial charge in [0.15, 0.2) is 6.61 Å². The number of rotatable bonds is 6. The van der Waals surface area contributed by atoms with Gasteiger partial charge in [-0.2, -0.15) is 0 Å². The molecule has 1 heterocycles. The maximum Gasteiger partial charge on any atom is 0.336 e. The van der Waals surface area contributed by atoms with Crippen LogP contribution in [0.3, 0.4) is 0 Å². The summed E-state index contributed by atoms with van der Waals surface area (Å²) in [4.78, 5) is 23.7. The Bertz CT molecular complexity index is 973. The summed E-state index contributed by atoms with van der Waals surface area (Å²) in [5.41, 5.74) is 0.326. The molecule has 0 amide bonds. The quantitative estimate of drug-likeness (QED) is 0.507. The largest absolute Gasteiger partial charge is 0.497 e. The first-order chi connectivity index (χ1) is 12.1. The smallest absolute Gasteiger partial charge is 0.336 e. The molecule has 0 atom stereocenters. The van der Waals surface area contributed by atoms with Gasteiger partial charge in [0, 0.05) is 17.5 Å². The lowest BCUT2D eigenvalue weighted by molar-refractivity contribution is 0.0918. The second kappa shape index (κ2) is 7.09. The zero-order valence-electron chi connectivity index (χ0n) is 13.8. The van der Waals surface area contributed by atoms with Crippen LogP contribution < -0.4 is 19.8 Å². The highest BCUT2D eigenvalue weighted by Crippen LogP contribution is 2.25. The first-order valence-corrected chi connectivity index (χ1v) is 7.52. The van der Waals surface area contributed by atoms with Gasteiger partial charge in [-0.25, -0.2) is 4.79 Å². The average molecular weight is 340 g/mol. The summed E-state index contributed by atoms with van der Waals surface area (Å²) in [5.74, 6) is 1.16. The monoisotopic (exact) mass is 340 g/mol. The van der Waals surface area contributed by atoms with Crippen molar-refractivity contribution in [1.82, 2.24) is 0 Å². The van der Waals surface area contributed by atoms with E-state index in [0.29, 0.717) is 28.4 Å². The summed E-state index contributed by atoms with van der Waals surface area (Å²) < 4.78 is 21.0. The van der Waals surface area contributed by atoms with E-state index in [4.69, 9.17) is 18.6 Å². The minimum Gasteiger partial charge on any atom is -0.497 e. The summed E-state index contributed by atoms with van der Waals surface area (Å²) in [6.45, 7) is -0.188. The number of ether oxygens (including phenoxy) is 3. The molecule has 0 aliphatic rings. The molecule has 0 unspecified atom stereocenters. The number of hydrogen-bond acceptors (Lipinski definition) is 6. The summed E-state index contributed by atoms with van der Waals surface area (Å²) in [7, 11) is 3.01. The van der Waals surface area contributed by atoms with Crippen LogP contribution in [-0.2, 0) is 0 Å². The van der Waals surface area contributed by atoms with Crippen molar-refractivity contribution >= 4 is 16.8 Å². The average Bonchev–Trinajstić information content (AvgIpc) is 2.65. The summed E-state index contributed by atoms with van der Waals surface area (Å²) in [5, 5.41) is 0.771. The summed E-state index contributed by atoms with van der Waals surface area (Å²) >= 11 is 0. The zero-order valence-corrected chi connectivity index (χ0v) is 13.8. The maximum absolute atomic E-state index is 12.4. The van der Waals surface area contributed by atoms with E-state index in [1.807, 2.05) is 0 Å². The number of ketones is 1. The molecule has 1 aromatic heterocycles. The second-order valence-electron chi connectivity index (χ2n) is 5.23. The van der Waals surface area contributed by atoms with Crippen LogP contribution in [0.1, 0.15) is 10.4 Å². The van der Waals surface area contributed by atoms with Crippen molar-refractivity contribution in [1.29, 1.82) is 0 Å². The van der Waals surface area contributed by atoms with E-state index in [-0.39, 0.29) is 12.4 Å². The molecule has 0 N–H and O–H groups in total. The minimum atomic E-state index is -0.443. The van der Waals surface area contributed by atoms with Crippen molar-refractivity contribution < 1.29 is 23.4 Å². The third kappa shape index (κ3) is 3.63. The lowest BCUT2D eigenvalue weighted by Crippen LogP contribution is -2.13. The molecule has 128 valence electrons. The van der Waals surface area contributed by atoms with Gasteiger partial charge in [0.2, 0.25) is 5.78 Å². The van der Waals surface area contributed by atoms with Crippen LogP contribution in [0.15, 0.2) is 57.7 Å². The van der Waals surface area contributed by atoms with E-state index < -0.39 is 5.63 Å². The molecule has 6 nitrogen and oxygen atoms in total. The Morgan fingerprint density at radius 3 is 2.48 bits per heavy atom. The lowest BCUT2D eigenvalue weighted by atomic mass is 10.1. The predicted molar refractivity (Wildman–Crippen MR) is 91.9 cm³/mol. The number of benzene rings is 2. The fourth-order valence-electron chi connectivity index (χ4n) is 2.39. The van der Waals surface area contributed by atoms with Crippen LogP contribution >= 0.6 is 0 Å². The second-order valence-corrected chi connectivity index (χ2v) is 5.23. The Morgan fingerprint density at radius 1 is 0.960 bits per heavy atom. The number of hydrogen-bond donors (Lipinski definition) is 0. The normalized spacial score (nSPS) is 10.5. The van der Waals surface area contributed by atoms with E-state index in [2.05, 4.69) is 0 Å². The van der Waals surface area contributed by atoms with Gasteiger partial charge in [0.25, 0.3) is 0 Å². The van der Waals surface area contributed by atoms with Crippen molar-refractivity contribution in [3.05, 3.63) is 64.5 Å². The van der Waals surface area contributed by atoms with E-state index in [9.17, 15) is 9.59 Å². The van der Waals surface area contributed by atoms with Crippen molar-refractivity contribution in [2.75, 3.05) is 20.8 Å². The van der Waals surface area contributed by atoms with Gasteiger partial charge < -0.3 is 18.6 Å². The molecule has 0 aliphatic heterocycles. The van der Waals surface area contributed by atoms with Gasteiger partial charge in [-0.3, -0.25) is 4.79 Å². The Labute approximate surface area is 143 Å². The van der Waals surface area contributed by atoms with Gasteiger partial charge in [-0.1, -0.05) is 0 Å². The molecule has 0 saturated carbocycles. The lowest BCUT2D eigenvalue weighted by Gasteiger charge is -2.10. The van der Waals surface area contributed by atoms with Crippen LogP contribution in [-0.4, -0.2) is 26.6 Å². The molecule has 3 rings (SSSR count). The Morgan fingerprint density at radius 2 is 1.72 bits per heavy atom. The number of Topliss-reactive ketones (excluding diaryl/α,β-unsaturated/α-hetero) is 1. The molecule has 0 spiro atoms. The molecule has 2 aromatic carbocycles. The van der Waals surface area contributed by atoms with Crippen LogP contribution in [0.4, 0.5) is 0 Å². The first-order valence-electron chi connectivity index (χ1n) is 7.52. The van der Waals surface area contributed by atoms with Crippen LogP contribution in [0.25, 0.3) is 11.0 Å². The van der Waals surface area contributed by atoms with E-state index >= 15 is 0 Å². The van der Waals surface area contributed by atoms with E-state index in [0.717, 1.165) is 5.39 Å². The van der Waals surface area contributed by atoms with Crippen molar-refractivity contribution in [3.63, 3.8) is 0 Å². The van der Waals surface area contributed by atoms with Crippen LogP contribution in [0.5, 0.6) is 17.2 Å². The fraction of sp³-hybridized carbons (Fsp3) is 0.158. The number of carbonyl (C=O) groups is 1. The van der Waals surface area contributed by atoms with E-state index in [1.54, 1.807) is 42.5 Å². The van der Waals surface area contributed by atoms with Crippen molar-refractivity contribution in [2.24, 2.45) is 0 Å². The number of fused-ring (bicyclic) bond motifs is 1. The highest BCUT2D eigenvalue weighted by molar-refractivity contribution is 6.00. The topological polar surface area (TPSA) is 75.0 Å². The molecule has 25 heavy (non-hydrogen) atoms. The highest BCUT2D eigenvalue weighted by Gasteiger charge is 2.14. The summed E-state index contributed by atoms with van der Waals surface area (Å²) in [6, 6.07) is 13.0. The molecule has 0 radical (unpaired) electrons. The standard InChI is InChI=1S/C19H16O6/c1-22-13-6-7-17(23-2)15(9-13)16(20)11-24-14-5-3-12-4-8-19(21)25-18(12)10-14/h3-10H,11H2,1-2H3. The predicted octanol–water partition coefficient (Wildman–Crippen LogP) is 3.07. The molecule has 0 bridgehead atoms. The van der Waals surface area contributed by atoms with Gasteiger partial charge in [0.05, 0.1) is 19.8 Å². The third-order valence-electron chi connectivity index (χ3n) is 3.67. The molecular weight excluding hydrogens is 324 g/mol. The third-order valence-corrected chi connectivity index (χ3v) is 3.67. The molecule has 0 aliphatic carbocycles. The van der Waals surface area contributed by atoms with Crippen LogP contribution in [0.2, 0.25) is 0 Å². The SMILES string of the molecule is COc1ccc(OC)c(C(=O)COc2ccc3ccc(=O)oc3c2)c1. The van der Waals surface area contributed by atoms with Crippen molar-refractivity contribution in [3.8, 4) is 17.2 Å². The van der Waals surface area contributed by atoms with Gasteiger partial charge in [-0.15, -0.1) is 0 Å². The van der Waals surface area contributed by atoms with Crippen molar-refractivity contribution in [2.45, 2.75) is 0 Å². The first kappa shape index (κ1) is 16.6. The van der Waals surface area contributed by atoms with Crippen LogP contribution in [0, 0.1) is 0 Å². The molecule has 0 fully saturated rings. The molecular formula is C19H16O6. The Hall–Kier alpha value is -3.28. The Balaban J connectivity index is 1.79.